The van der Waals surface area contributed by atoms with Gasteiger partial charge >= 0.3 is 0 Å². The summed E-state index contributed by atoms with van der Waals surface area (Å²) in [5.74, 6) is -0.575. The maximum atomic E-state index is 12.1. The van der Waals surface area contributed by atoms with Gasteiger partial charge < -0.3 is 0 Å². The Bertz CT molecular complexity index is 674. The van der Waals surface area contributed by atoms with Crippen molar-refractivity contribution in [3.8, 4) is 0 Å². The van der Waals surface area contributed by atoms with Gasteiger partial charge in [-0.05, 0) is 37.5 Å². The van der Waals surface area contributed by atoms with E-state index in [1.165, 1.54) is 10.5 Å². The summed E-state index contributed by atoms with van der Waals surface area (Å²) in [4.78, 5) is 12.1. The molecular formula is C15H20ClN3O3S. The normalized spacial score (nSPS) is 19.8. The third-order valence-corrected chi connectivity index (χ3v) is 5.87. The van der Waals surface area contributed by atoms with Crippen LogP contribution >= 0.6 is 11.6 Å². The number of rotatable bonds is 5. The Morgan fingerprint density at radius 2 is 2.13 bits per heavy atom. The Balaban J connectivity index is 1.91. The van der Waals surface area contributed by atoms with Gasteiger partial charge in [0, 0.05) is 18.1 Å². The SMILES string of the molecule is CCS(=O)(=O)N1CCCC(C(=O)N/N=C/c2ccc(Cl)cc2)C1. The van der Waals surface area contributed by atoms with Gasteiger partial charge in [-0.25, -0.2) is 18.1 Å². The highest BCUT2D eigenvalue weighted by atomic mass is 35.5. The van der Waals surface area contributed by atoms with E-state index in [4.69, 9.17) is 11.6 Å². The number of carbonyl (C=O) groups is 1. The first-order valence-electron chi connectivity index (χ1n) is 7.48. The molecule has 1 aliphatic rings. The van der Waals surface area contributed by atoms with Gasteiger partial charge in [0.2, 0.25) is 15.9 Å². The van der Waals surface area contributed by atoms with Crippen molar-refractivity contribution in [1.29, 1.82) is 0 Å². The maximum Gasteiger partial charge on any atom is 0.244 e. The molecule has 1 fully saturated rings. The molecule has 1 aromatic carbocycles. The molecule has 1 amide bonds. The first-order valence-corrected chi connectivity index (χ1v) is 9.47. The van der Waals surface area contributed by atoms with E-state index in [1.807, 2.05) is 0 Å². The van der Waals surface area contributed by atoms with Crippen molar-refractivity contribution in [2.45, 2.75) is 19.8 Å². The van der Waals surface area contributed by atoms with Crippen molar-refractivity contribution < 1.29 is 13.2 Å². The number of amides is 1. The third kappa shape index (κ3) is 5.02. The fourth-order valence-electron chi connectivity index (χ4n) is 2.40. The molecule has 1 heterocycles. The zero-order valence-electron chi connectivity index (χ0n) is 12.9. The molecule has 23 heavy (non-hydrogen) atoms. The van der Waals surface area contributed by atoms with Crippen molar-refractivity contribution in [1.82, 2.24) is 9.73 Å². The summed E-state index contributed by atoms with van der Waals surface area (Å²) < 4.78 is 25.2. The molecule has 0 radical (unpaired) electrons. The summed E-state index contributed by atoms with van der Waals surface area (Å²) in [6, 6.07) is 7.04. The van der Waals surface area contributed by atoms with Crippen LogP contribution in [0.4, 0.5) is 0 Å². The second-order valence-corrected chi connectivity index (χ2v) is 8.08. The largest absolute Gasteiger partial charge is 0.273 e. The smallest absolute Gasteiger partial charge is 0.244 e. The molecule has 1 atom stereocenters. The summed E-state index contributed by atoms with van der Waals surface area (Å²) in [7, 11) is -3.25. The highest BCUT2D eigenvalue weighted by molar-refractivity contribution is 7.89. The van der Waals surface area contributed by atoms with Crippen LogP contribution in [-0.2, 0) is 14.8 Å². The molecule has 0 bridgehead atoms. The third-order valence-electron chi connectivity index (χ3n) is 3.77. The van der Waals surface area contributed by atoms with E-state index >= 15 is 0 Å². The van der Waals surface area contributed by atoms with E-state index in [0.29, 0.717) is 24.4 Å². The number of sulfonamides is 1. The number of halogens is 1. The van der Waals surface area contributed by atoms with Crippen LogP contribution in [0.1, 0.15) is 25.3 Å². The van der Waals surface area contributed by atoms with Gasteiger partial charge in [0.05, 0.1) is 17.9 Å². The molecular weight excluding hydrogens is 338 g/mol. The standard InChI is InChI=1S/C15H20ClN3O3S/c1-2-23(21,22)19-9-3-4-13(11-19)15(20)18-17-10-12-5-7-14(16)8-6-12/h5-8,10,13H,2-4,9,11H2,1H3,(H,18,20)/b17-10+. The highest BCUT2D eigenvalue weighted by Gasteiger charge is 2.31. The van der Waals surface area contributed by atoms with E-state index in [1.54, 1.807) is 31.2 Å². The molecule has 0 saturated carbocycles. The van der Waals surface area contributed by atoms with Gasteiger partial charge in [0.25, 0.3) is 0 Å². The Hall–Kier alpha value is -1.44. The first kappa shape index (κ1) is 17.9. The van der Waals surface area contributed by atoms with Crippen LogP contribution in [0.15, 0.2) is 29.4 Å². The van der Waals surface area contributed by atoms with Crippen molar-refractivity contribution in [2.24, 2.45) is 11.0 Å². The summed E-state index contributed by atoms with van der Waals surface area (Å²) >= 11 is 5.79. The minimum atomic E-state index is -3.25. The lowest BCUT2D eigenvalue weighted by atomic mass is 9.99. The average molecular weight is 358 g/mol. The van der Waals surface area contributed by atoms with Gasteiger partial charge in [0.15, 0.2) is 0 Å². The molecule has 8 heteroatoms. The number of nitrogens with one attached hydrogen (secondary N) is 1. The number of piperidine rings is 1. The van der Waals surface area contributed by atoms with E-state index in [9.17, 15) is 13.2 Å². The molecule has 1 saturated heterocycles. The van der Waals surface area contributed by atoms with E-state index in [2.05, 4.69) is 10.5 Å². The van der Waals surface area contributed by atoms with Crippen LogP contribution < -0.4 is 5.43 Å². The van der Waals surface area contributed by atoms with Gasteiger partial charge in [-0.3, -0.25) is 4.79 Å². The van der Waals surface area contributed by atoms with Gasteiger partial charge in [0.1, 0.15) is 0 Å². The molecule has 0 aliphatic carbocycles. The number of hydrogen-bond acceptors (Lipinski definition) is 4. The summed E-state index contributed by atoms with van der Waals surface area (Å²) in [5.41, 5.74) is 3.29. The molecule has 0 spiro atoms. The highest BCUT2D eigenvalue weighted by Crippen LogP contribution is 2.19. The summed E-state index contributed by atoms with van der Waals surface area (Å²) in [5, 5.41) is 4.55. The van der Waals surface area contributed by atoms with Crippen molar-refractivity contribution in [2.75, 3.05) is 18.8 Å². The zero-order valence-corrected chi connectivity index (χ0v) is 14.5. The summed E-state index contributed by atoms with van der Waals surface area (Å²) in [6.07, 6.45) is 2.87. The van der Waals surface area contributed by atoms with Gasteiger partial charge in [-0.15, -0.1) is 0 Å². The maximum absolute atomic E-state index is 12.1. The monoisotopic (exact) mass is 357 g/mol. The Morgan fingerprint density at radius 1 is 1.43 bits per heavy atom. The molecule has 1 N–H and O–H groups in total. The molecule has 2 rings (SSSR count). The van der Waals surface area contributed by atoms with E-state index in [-0.39, 0.29) is 24.1 Å². The minimum absolute atomic E-state index is 0.0516. The topological polar surface area (TPSA) is 78.8 Å². The fourth-order valence-corrected chi connectivity index (χ4v) is 3.71. The molecule has 6 nitrogen and oxygen atoms in total. The zero-order chi connectivity index (χ0) is 16.9. The van der Waals surface area contributed by atoms with Crippen molar-refractivity contribution in [3.05, 3.63) is 34.9 Å². The number of nitrogens with zero attached hydrogens (tertiary/aromatic N) is 2. The second kappa shape index (κ2) is 7.90. The van der Waals surface area contributed by atoms with Crippen LogP contribution in [-0.4, -0.2) is 43.7 Å². The predicted octanol–water partition coefficient (Wildman–Crippen LogP) is 1.85. The van der Waals surface area contributed by atoms with Gasteiger partial charge in [-0.1, -0.05) is 23.7 Å². The van der Waals surface area contributed by atoms with E-state index in [0.717, 1.165) is 5.56 Å². The molecule has 1 unspecified atom stereocenters. The number of carbonyl (C=O) groups excluding carboxylic acids is 1. The Kier molecular flexibility index (Phi) is 6.15. The van der Waals surface area contributed by atoms with Crippen LogP contribution in [0.25, 0.3) is 0 Å². The van der Waals surface area contributed by atoms with Crippen LogP contribution in [0.5, 0.6) is 0 Å². The second-order valence-electron chi connectivity index (χ2n) is 5.38. The number of benzene rings is 1. The summed E-state index contributed by atoms with van der Waals surface area (Å²) in [6.45, 7) is 2.31. The quantitative estimate of drug-likeness (QED) is 0.645. The van der Waals surface area contributed by atoms with Crippen LogP contribution in [0, 0.1) is 5.92 Å². The van der Waals surface area contributed by atoms with Crippen LogP contribution in [0.2, 0.25) is 5.02 Å². The fraction of sp³-hybridized carbons (Fsp3) is 0.467. The Morgan fingerprint density at radius 3 is 2.78 bits per heavy atom. The minimum Gasteiger partial charge on any atom is -0.273 e. The number of hydrazone groups is 1. The van der Waals surface area contributed by atoms with Crippen LogP contribution in [0.3, 0.4) is 0 Å². The van der Waals surface area contributed by atoms with Gasteiger partial charge in [-0.2, -0.15) is 5.10 Å². The lowest BCUT2D eigenvalue weighted by Gasteiger charge is -2.30. The average Bonchev–Trinajstić information content (AvgIpc) is 2.56. The molecule has 0 aromatic heterocycles. The van der Waals surface area contributed by atoms with E-state index < -0.39 is 10.0 Å². The van der Waals surface area contributed by atoms with Crippen molar-refractivity contribution in [3.63, 3.8) is 0 Å². The number of hydrogen-bond donors (Lipinski definition) is 1. The van der Waals surface area contributed by atoms with Crippen molar-refractivity contribution >= 4 is 33.7 Å². The molecule has 126 valence electrons. The lowest BCUT2D eigenvalue weighted by Crippen LogP contribution is -2.45. The Labute approximate surface area is 141 Å². The molecule has 1 aromatic rings. The first-order chi connectivity index (χ1) is 10.9. The lowest BCUT2D eigenvalue weighted by molar-refractivity contribution is -0.126. The predicted molar refractivity (Wildman–Crippen MR) is 90.9 cm³/mol. The molecule has 1 aliphatic heterocycles.